The maximum Gasteiger partial charge on any atom is 0.492 e. The van der Waals surface area contributed by atoms with Gasteiger partial charge in [-0.1, -0.05) is 19.9 Å². The first-order valence-corrected chi connectivity index (χ1v) is 10.9. The fourth-order valence-electron chi connectivity index (χ4n) is 4.75. The third kappa shape index (κ3) is 5.11. The van der Waals surface area contributed by atoms with Gasteiger partial charge in [-0.2, -0.15) is 0 Å². The van der Waals surface area contributed by atoms with Crippen LogP contribution in [0.5, 0.6) is 0 Å². The Balaban J connectivity index is 1.88. The zero-order chi connectivity index (χ0) is 22.9. The van der Waals surface area contributed by atoms with Crippen LogP contribution in [0.4, 0.5) is 0 Å². The van der Waals surface area contributed by atoms with Gasteiger partial charge in [0.25, 0.3) is 5.91 Å². The molecule has 31 heavy (non-hydrogen) atoms. The van der Waals surface area contributed by atoms with Crippen molar-refractivity contribution in [3.05, 3.63) is 28.8 Å². The minimum atomic E-state index is -1.06. The molecule has 2 N–H and O–H groups in total. The molecule has 0 saturated carbocycles. The van der Waals surface area contributed by atoms with E-state index in [0.29, 0.717) is 36.3 Å². The molecule has 2 heterocycles. The Bertz CT molecular complexity index is 822. The Labute approximate surface area is 184 Å². The highest BCUT2D eigenvalue weighted by Gasteiger charge is 2.36. The molecule has 0 bridgehead atoms. The molecule has 1 fully saturated rings. The molecule has 1 aromatic carbocycles. The average molecular weight is 432 g/mol. The summed E-state index contributed by atoms with van der Waals surface area (Å²) in [6.45, 7) is 12.1. The Kier molecular flexibility index (Phi) is 7.41. The van der Waals surface area contributed by atoms with Crippen molar-refractivity contribution in [1.29, 1.82) is 0 Å². The summed E-state index contributed by atoms with van der Waals surface area (Å²) in [4.78, 5) is 29.4. The smallest absolute Gasteiger partial charge is 0.480 e. The van der Waals surface area contributed by atoms with Gasteiger partial charge in [0.05, 0.1) is 18.8 Å². The molecular formula is C22H33BN2O6. The number of carbonyl (C=O) groups excluding carboxylic acids is 1. The number of hydrogen-bond acceptors (Lipinski definition) is 6. The summed E-state index contributed by atoms with van der Waals surface area (Å²) in [5, 5.41) is 20.1. The van der Waals surface area contributed by atoms with E-state index in [1.165, 1.54) is 4.90 Å². The SMILES string of the molecule is Cc1c(C(=O)N(CCN2CC(C)OC(C)C2)[C@H](C(=O)O)C(C)C)ccc2c1B(O)OC2. The van der Waals surface area contributed by atoms with Crippen LogP contribution in [0.1, 0.15) is 49.2 Å². The zero-order valence-electron chi connectivity index (χ0n) is 19.0. The van der Waals surface area contributed by atoms with E-state index in [1.54, 1.807) is 19.1 Å². The van der Waals surface area contributed by atoms with Crippen LogP contribution < -0.4 is 5.46 Å². The molecule has 3 atom stereocenters. The number of aliphatic carboxylic acids is 1. The molecule has 1 aromatic rings. The maximum absolute atomic E-state index is 13.6. The predicted octanol–water partition coefficient (Wildman–Crippen LogP) is 0.873. The third-order valence-corrected chi connectivity index (χ3v) is 6.11. The van der Waals surface area contributed by atoms with Crippen LogP contribution in [0.15, 0.2) is 12.1 Å². The van der Waals surface area contributed by atoms with Gasteiger partial charge in [0.15, 0.2) is 0 Å². The summed E-state index contributed by atoms with van der Waals surface area (Å²) in [6.07, 6.45) is 0.183. The second-order valence-corrected chi connectivity index (χ2v) is 9.02. The van der Waals surface area contributed by atoms with Crippen LogP contribution in [-0.2, 0) is 20.8 Å². The lowest BCUT2D eigenvalue weighted by Crippen LogP contribution is -2.53. The second-order valence-electron chi connectivity index (χ2n) is 9.02. The van der Waals surface area contributed by atoms with Crippen LogP contribution in [0.3, 0.4) is 0 Å². The number of rotatable bonds is 7. The fourth-order valence-corrected chi connectivity index (χ4v) is 4.75. The molecule has 0 aliphatic carbocycles. The molecule has 3 rings (SSSR count). The number of carboxylic acid groups (broad SMARTS) is 1. The Morgan fingerprint density at radius 2 is 1.90 bits per heavy atom. The van der Waals surface area contributed by atoms with E-state index in [4.69, 9.17) is 9.39 Å². The molecule has 0 aromatic heterocycles. The summed E-state index contributed by atoms with van der Waals surface area (Å²) >= 11 is 0. The third-order valence-electron chi connectivity index (χ3n) is 6.11. The number of ether oxygens (including phenoxy) is 1. The van der Waals surface area contributed by atoms with Crippen molar-refractivity contribution in [3.8, 4) is 0 Å². The van der Waals surface area contributed by atoms with Gasteiger partial charge in [0.1, 0.15) is 6.04 Å². The number of fused-ring (bicyclic) bond motifs is 1. The number of morpholine rings is 1. The summed E-state index contributed by atoms with van der Waals surface area (Å²) in [5.41, 5.74) is 2.50. The number of carbonyl (C=O) groups is 2. The summed E-state index contributed by atoms with van der Waals surface area (Å²) in [7, 11) is -1.06. The van der Waals surface area contributed by atoms with Crippen LogP contribution in [-0.4, -0.2) is 83.4 Å². The fraction of sp³-hybridized carbons (Fsp3) is 0.636. The Hall–Kier alpha value is -1.94. The van der Waals surface area contributed by atoms with Crippen molar-refractivity contribution < 1.29 is 29.1 Å². The molecule has 1 amide bonds. The van der Waals surface area contributed by atoms with Crippen LogP contribution >= 0.6 is 0 Å². The van der Waals surface area contributed by atoms with E-state index in [-0.39, 0.29) is 24.0 Å². The van der Waals surface area contributed by atoms with Crippen molar-refractivity contribution in [3.63, 3.8) is 0 Å². The minimum absolute atomic E-state index is 0.0914. The topological polar surface area (TPSA) is 99.5 Å². The Morgan fingerprint density at radius 1 is 1.26 bits per heavy atom. The first kappa shape index (κ1) is 23.7. The average Bonchev–Trinajstić information content (AvgIpc) is 3.05. The lowest BCUT2D eigenvalue weighted by molar-refractivity contribution is -0.144. The normalized spacial score (nSPS) is 22.5. The first-order chi connectivity index (χ1) is 14.6. The van der Waals surface area contributed by atoms with Gasteiger partial charge in [-0.25, -0.2) is 4.79 Å². The van der Waals surface area contributed by atoms with Gasteiger partial charge >= 0.3 is 13.1 Å². The molecule has 2 aliphatic heterocycles. The Morgan fingerprint density at radius 3 is 2.48 bits per heavy atom. The molecule has 0 spiro atoms. The number of benzene rings is 1. The molecule has 2 aliphatic rings. The van der Waals surface area contributed by atoms with Crippen LogP contribution in [0.25, 0.3) is 0 Å². The highest BCUT2D eigenvalue weighted by atomic mass is 16.5. The van der Waals surface area contributed by atoms with Crippen LogP contribution in [0, 0.1) is 12.8 Å². The van der Waals surface area contributed by atoms with Crippen molar-refractivity contribution in [2.24, 2.45) is 5.92 Å². The highest BCUT2D eigenvalue weighted by Crippen LogP contribution is 2.21. The van der Waals surface area contributed by atoms with E-state index >= 15 is 0 Å². The quantitative estimate of drug-likeness (QED) is 0.617. The largest absolute Gasteiger partial charge is 0.492 e. The van der Waals surface area contributed by atoms with E-state index in [9.17, 15) is 19.7 Å². The number of carboxylic acids is 1. The lowest BCUT2D eigenvalue weighted by atomic mass is 9.75. The van der Waals surface area contributed by atoms with Crippen LogP contribution in [0.2, 0.25) is 0 Å². The highest BCUT2D eigenvalue weighted by molar-refractivity contribution is 6.62. The van der Waals surface area contributed by atoms with Crippen molar-refractivity contribution in [1.82, 2.24) is 9.80 Å². The lowest BCUT2D eigenvalue weighted by Gasteiger charge is -2.38. The molecule has 170 valence electrons. The van der Waals surface area contributed by atoms with Crippen molar-refractivity contribution in [2.45, 2.75) is 59.5 Å². The monoisotopic (exact) mass is 432 g/mol. The summed E-state index contributed by atoms with van der Waals surface area (Å²) in [6, 6.07) is 2.54. The van der Waals surface area contributed by atoms with Crippen molar-refractivity contribution >= 4 is 24.5 Å². The minimum Gasteiger partial charge on any atom is -0.480 e. The van der Waals surface area contributed by atoms with Gasteiger partial charge in [-0.3, -0.25) is 9.69 Å². The second kappa shape index (κ2) is 9.69. The predicted molar refractivity (Wildman–Crippen MR) is 117 cm³/mol. The molecule has 9 heteroatoms. The van der Waals surface area contributed by atoms with E-state index in [2.05, 4.69) is 4.90 Å². The molecule has 1 saturated heterocycles. The first-order valence-electron chi connectivity index (χ1n) is 10.9. The van der Waals surface area contributed by atoms with E-state index < -0.39 is 19.1 Å². The standard InChI is InChI=1S/C22H33BN2O6/c1-13(2)20(22(27)28)25(9-8-24-10-14(3)31-15(4)11-24)21(26)18-7-6-17-12-30-23(29)19(17)16(18)5/h6-7,13-15,20,29H,8-12H2,1-5H3,(H,27,28)/t14?,15?,20-/m0/s1. The van der Waals surface area contributed by atoms with E-state index in [1.807, 2.05) is 27.7 Å². The van der Waals surface area contributed by atoms with Gasteiger partial charge in [-0.05, 0) is 49.3 Å². The van der Waals surface area contributed by atoms with Gasteiger partial charge in [-0.15, -0.1) is 0 Å². The molecule has 0 radical (unpaired) electrons. The number of nitrogens with zero attached hydrogens (tertiary/aromatic N) is 2. The summed E-state index contributed by atoms with van der Waals surface area (Å²) < 4.78 is 11.1. The van der Waals surface area contributed by atoms with Crippen molar-refractivity contribution in [2.75, 3.05) is 26.2 Å². The summed E-state index contributed by atoms with van der Waals surface area (Å²) in [5.74, 6) is -1.61. The number of amides is 1. The molecule has 2 unspecified atom stereocenters. The molecular weight excluding hydrogens is 399 g/mol. The zero-order valence-corrected chi connectivity index (χ0v) is 19.0. The van der Waals surface area contributed by atoms with Gasteiger partial charge in [0.2, 0.25) is 0 Å². The van der Waals surface area contributed by atoms with Gasteiger partial charge in [0, 0.05) is 31.7 Å². The van der Waals surface area contributed by atoms with E-state index in [0.717, 1.165) is 18.7 Å². The molecule has 8 nitrogen and oxygen atoms in total. The maximum atomic E-state index is 13.6. The van der Waals surface area contributed by atoms with Gasteiger partial charge < -0.3 is 24.4 Å². The number of hydrogen-bond donors (Lipinski definition) is 2.